The van der Waals surface area contributed by atoms with Gasteiger partial charge in [-0.25, -0.2) is 0 Å². The summed E-state index contributed by atoms with van der Waals surface area (Å²) in [5.41, 5.74) is 3.41. The zero-order chi connectivity index (χ0) is 19.8. The van der Waals surface area contributed by atoms with E-state index in [2.05, 4.69) is 41.2 Å². The Balaban J connectivity index is 1.45. The van der Waals surface area contributed by atoms with Gasteiger partial charge in [0.25, 0.3) is 5.91 Å². The van der Waals surface area contributed by atoms with Crippen molar-refractivity contribution >= 4 is 5.91 Å². The Labute approximate surface area is 168 Å². The highest BCUT2D eigenvalue weighted by Crippen LogP contribution is 2.23. The number of nitrogens with zero attached hydrogens (tertiary/aromatic N) is 3. The third kappa shape index (κ3) is 5.88. The van der Waals surface area contributed by atoms with Crippen molar-refractivity contribution in [2.24, 2.45) is 5.92 Å². The van der Waals surface area contributed by atoms with Crippen LogP contribution in [0.4, 0.5) is 0 Å². The summed E-state index contributed by atoms with van der Waals surface area (Å²) in [6, 6.07) is 12.6. The molecule has 5 heteroatoms. The monoisotopic (exact) mass is 381 g/mol. The minimum atomic E-state index is 0.105. The van der Waals surface area contributed by atoms with Crippen LogP contribution in [0.25, 0.3) is 0 Å². The van der Waals surface area contributed by atoms with Gasteiger partial charge >= 0.3 is 0 Å². The molecule has 3 rings (SSSR count). The van der Waals surface area contributed by atoms with E-state index in [0.29, 0.717) is 11.5 Å². The van der Waals surface area contributed by atoms with Crippen LogP contribution >= 0.6 is 0 Å². The Morgan fingerprint density at radius 3 is 2.54 bits per heavy atom. The molecule has 1 aromatic heterocycles. The first-order valence-electron chi connectivity index (χ1n) is 10.1. The van der Waals surface area contributed by atoms with Gasteiger partial charge in [-0.1, -0.05) is 24.3 Å². The minimum absolute atomic E-state index is 0.105. The van der Waals surface area contributed by atoms with Crippen molar-refractivity contribution in [3.8, 4) is 0 Å². The van der Waals surface area contributed by atoms with Gasteiger partial charge in [0.1, 0.15) is 0 Å². The van der Waals surface area contributed by atoms with Gasteiger partial charge in [0, 0.05) is 45.7 Å². The number of methoxy groups -OCH3 is 1. The number of likely N-dealkylation sites (tertiary alicyclic amines) is 1. The predicted octanol–water partition coefficient (Wildman–Crippen LogP) is 3.25. The SMILES string of the molecule is COCCN(C)Cc1ccc(CC2CCN(C(=O)c3cccnc3)CC2)cc1. The zero-order valence-electron chi connectivity index (χ0n) is 17.0. The minimum Gasteiger partial charge on any atom is -0.383 e. The number of hydrogen-bond acceptors (Lipinski definition) is 4. The highest BCUT2D eigenvalue weighted by atomic mass is 16.5. The molecule has 150 valence electrons. The lowest BCUT2D eigenvalue weighted by molar-refractivity contribution is 0.0690. The molecule has 0 saturated carbocycles. The van der Waals surface area contributed by atoms with E-state index in [9.17, 15) is 4.79 Å². The molecule has 1 saturated heterocycles. The summed E-state index contributed by atoms with van der Waals surface area (Å²) in [6.07, 6.45) is 6.57. The number of pyridine rings is 1. The van der Waals surface area contributed by atoms with Crippen molar-refractivity contribution in [3.05, 3.63) is 65.5 Å². The van der Waals surface area contributed by atoms with E-state index < -0.39 is 0 Å². The standard InChI is InChI=1S/C23H31N3O2/c1-25(14-15-28-2)18-21-7-5-19(6-8-21)16-20-9-12-26(13-10-20)23(27)22-4-3-11-24-17-22/h3-8,11,17,20H,9-10,12-16,18H2,1-2H3. The summed E-state index contributed by atoms with van der Waals surface area (Å²) >= 11 is 0. The molecule has 1 aliphatic heterocycles. The number of aromatic nitrogens is 1. The quantitative estimate of drug-likeness (QED) is 0.704. The van der Waals surface area contributed by atoms with Gasteiger partial charge in [-0.2, -0.15) is 0 Å². The Morgan fingerprint density at radius 2 is 1.89 bits per heavy atom. The molecule has 28 heavy (non-hydrogen) atoms. The summed E-state index contributed by atoms with van der Waals surface area (Å²) in [7, 11) is 3.86. The Bertz CT molecular complexity index is 725. The molecule has 2 heterocycles. The molecule has 0 atom stereocenters. The van der Waals surface area contributed by atoms with Crippen LogP contribution < -0.4 is 0 Å². The Morgan fingerprint density at radius 1 is 1.18 bits per heavy atom. The van der Waals surface area contributed by atoms with E-state index in [4.69, 9.17) is 4.74 Å². The normalized spacial score (nSPS) is 15.2. The van der Waals surface area contributed by atoms with Gasteiger partial charge in [-0.05, 0) is 55.5 Å². The fourth-order valence-corrected chi connectivity index (χ4v) is 3.76. The molecule has 1 aliphatic rings. The van der Waals surface area contributed by atoms with Crippen LogP contribution in [0.15, 0.2) is 48.8 Å². The molecule has 0 unspecified atom stereocenters. The third-order valence-corrected chi connectivity index (χ3v) is 5.49. The van der Waals surface area contributed by atoms with Gasteiger partial charge in [0.05, 0.1) is 12.2 Å². The zero-order valence-corrected chi connectivity index (χ0v) is 17.0. The summed E-state index contributed by atoms with van der Waals surface area (Å²) in [5, 5.41) is 0. The molecule has 0 N–H and O–H groups in total. The third-order valence-electron chi connectivity index (χ3n) is 5.49. The number of ether oxygens (including phenoxy) is 1. The fraction of sp³-hybridized carbons (Fsp3) is 0.478. The molecule has 0 radical (unpaired) electrons. The predicted molar refractivity (Wildman–Crippen MR) is 111 cm³/mol. The van der Waals surface area contributed by atoms with Crippen LogP contribution in [0, 0.1) is 5.92 Å². The van der Waals surface area contributed by atoms with E-state index in [1.807, 2.05) is 17.0 Å². The number of rotatable bonds is 8. The second-order valence-electron chi connectivity index (χ2n) is 7.73. The maximum atomic E-state index is 12.5. The van der Waals surface area contributed by atoms with Gasteiger partial charge in [-0.15, -0.1) is 0 Å². The molecule has 5 nitrogen and oxygen atoms in total. The molecular weight excluding hydrogens is 350 g/mol. The molecular formula is C23H31N3O2. The van der Waals surface area contributed by atoms with Crippen molar-refractivity contribution in [1.82, 2.24) is 14.8 Å². The first kappa shape index (κ1) is 20.5. The van der Waals surface area contributed by atoms with Crippen molar-refractivity contribution in [1.29, 1.82) is 0 Å². The lowest BCUT2D eigenvalue weighted by Gasteiger charge is -2.32. The Kier molecular flexibility index (Phi) is 7.57. The number of carbonyl (C=O) groups is 1. The van der Waals surface area contributed by atoms with Crippen LogP contribution in [0.3, 0.4) is 0 Å². The Hall–Kier alpha value is -2.24. The van der Waals surface area contributed by atoms with Crippen LogP contribution in [0.1, 0.15) is 34.3 Å². The van der Waals surface area contributed by atoms with Crippen LogP contribution in [0.5, 0.6) is 0 Å². The summed E-state index contributed by atoms with van der Waals surface area (Å²) < 4.78 is 5.13. The van der Waals surface area contributed by atoms with E-state index in [-0.39, 0.29) is 5.91 Å². The van der Waals surface area contributed by atoms with Crippen molar-refractivity contribution in [2.75, 3.05) is 40.4 Å². The lowest BCUT2D eigenvalue weighted by Crippen LogP contribution is -2.38. The topological polar surface area (TPSA) is 45.7 Å². The molecule has 1 fully saturated rings. The summed E-state index contributed by atoms with van der Waals surface area (Å²) in [5.74, 6) is 0.752. The average Bonchev–Trinajstić information content (AvgIpc) is 2.74. The molecule has 1 aromatic carbocycles. The number of amides is 1. The molecule has 0 spiro atoms. The number of likely N-dealkylation sites (N-methyl/N-ethyl adjacent to an activating group) is 1. The maximum Gasteiger partial charge on any atom is 0.255 e. The van der Waals surface area contributed by atoms with E-state index in [1.54, 1.807) is 19.5 Å². The van der Waals surface area contributed by atoms with Gasteiger partial charge in [-0.3, -0.25) is 14.7 Å². The van der Waals surface area contributed by atoms with Crippen LogP contribution in [-0.2, 0) is 17.7 Å². The maximum absolute atomic E-state index is 12.5. The fourth-order valence-electron chi connectivity index (χ4n) is 3.76. The summed E-state index contributed by atoms with van der Waals surface area (Å²) in [6.45, 7) is 4.31. The van der Waals surface area contributed by atoms with E-state index in [0.717, 1.165) is 52.0 Å². The first-order chi connectivity index (χ1) is 13.7. The molecule has 0 bridgehead atoms. The van der Waals surface area contributed by atoms with E-state index >= 15 is 0 Å². The van der Waals surface area contributed by atoms with Gasteiger partial charge in [0.15, 0.2) is 0 Å². The molecule has 0 aliphatic carbocycles. The molecule has 1 amide bonds. The average molecular weight is 382 g/mol. The molecule has 2 aromatic rings. The van der Waals surface area contributed by atoms with Gasteiger partial charge in [0.2, 0.25) is 0 Å². The highest BCUT2D eigenvalue weighted by Gasteiger charge is 2.23. The van der Waals surface area contributed by atoms with E-state index in [1.165, 1.54) is 11.1 Å². The summed E-state index contributed by atoms with van der Waals surface area (Å²) in [4.78, 5) is 20.8. The van der Waals surface area contributed by atoms with Crippen LogP contribution in [0.2, 0.25) is 0 Å². The van der Waals surface area contributed by atoms with Crippen LogP contribution in [-0.4, -0.2) is 61.1 Å². The number of piperidine rings is 1. The highest BCUT2D eigenvalue weighted by molar-refractivity contribution is 5.93. The van der Waals surface area contributed by atoms with Crippen molar-refractivity contribution in [2.45, 2.75) is 25.8 Å². The largest absolute Gasteiger partial charge is 0.383 e. The second-order valence-corrected chi connectivity index (χ2v) is 7.73. The number of benzene rings is 1. The second kappa shape index (κ2) is 10.3. The first-order valence-corrected chi connectivity index (χ1v) is 10.1. The number of hydrogen-bond donors (Lipinski definition) is 0. The van der Waals surface area contributed by atoms with Crippen molar-refractivity contribution in [3.63, 3.8) is 0 Å². The smallest absolute Gasteiger partial charge is 0.255 e. The number of carbonyl (C=O) groups excluding carboxylic acids is 1. The lowest BCUT2D eigenvalue weighted by atomic mass is 9.89. The van der Waals surface area contributed by atoms with Gasteiger partial charge < -0.3 is 9.64 Å². The van der Waals surface area contributed by atoms with Crippen molar-refractivity contribution < 1.29 is 9.53 Å².